The third-order valence-electron chi connectivity index (χ3n) is 2.90. The molecule has 0 aromatic carbocycles. The van der Waals surface area contributed by atoms with Gasteiger partial charge in [-0.3, -0.25) is 4.57 Å². The van der Waals surface area contributed by atoms with E-state index in [4.69, 9.17) is 4.74 Å². The van der Waals surface area contributed by atoms with E-state index in [1.807, 2.05) is 25.3 Å². The minimum absolute atomic E-state index is 0.382. The lowest BCUT2D eigenvalue weighted by Crippen LogP contribution is -2.26. The lowest BCUT2D eigenvalue weighted by molar-refractivity contribution is 0.0854. The average molecular weight is 487 g/mol. The van der Waals surface area contributed by atoms with Crippen LogP contribution < -0.4 is 0 Å². The SMILES string of the molecule is CC(C)(C)[S@+]([O-])/N=C\c1nc(Br)c(Br)n1COCC[Si](C)(C)C. The molecule has 5 nitrogen and oxygen atoms in total. The highest BCUT2D eigenvalue weighted by molar-refractivity contribution is 9.13. The lowest BCUT2D eigenvalue weighted by atomic mass is 10.3. The summed E-state index contributed by atoms with van der Waals surface area (Å²) in [6, 6.07) is 1.11. The van der Waals surface area contributed by atoms with Crippen LogP contribution in [0.15, 0.2) is 13.6 Å². The number of ether oxygens (including phenoxy) is 1. The molecule has 0 aliphatic heterocycles. The maximum absolute atomic E-state index is 12.0. The summed E-state index contributed by atoms with van der Waals surface area (Å²) in [5.74, 6) is 0.606. The van der Waals surface area contributed by atoms with Gasteiger partial charge in [0.15, 0.2) is 5.82 Å². The van der Waals surface area contributed by atoms with Crippen molar-refractivity contribution in [1.29, 1.82) is 0 Å². The first-order chi connectivity index (χ1) is 10.4. The third kappa shape index (κ3) is 7.39. The van der Waals surface area contributed by atoms with Crippen molar-refractivity contribution in [3.05, 3.63) is 15.0 Å². The van der Waals surface area contributed by atoms with E-state index in [0.717, 1.165) is 17.3 Å². The number of nitrogens with zero attached hydrogens (tertiary/aromatic N) is 3. The number of rotatable bonds is 7. The van der Waals surface area contributed by atoms with Gasteiger partial charge in [0.1, 0.15) is 38.3 Å². The predicted molar refractivity (Wildman–Crippen MR) is 107 cm³/mol. The fraction of sp³-hybridized carbons (Fsp3) is 0.714. The first-order valence-corrected chi connectivity index (χ1v) is 13.8. The summed E-state index contributed by atoms with van der Waals surface area (Å²) in [5, 5.41) is 0. The Bertz CT molecular complexity index is 553. The molecule has 0 aliphatic rings. The Labute approximate surface area is 159 Å². The molecule has 0 N–H and O–H groups in total. The average Bonchev–Trinajstić information content (AvgIpc) is 2.65. The highest BCUT2D eigenvalue weighted by Gasteiger charge is 2.26. The predicted octanol–water partition coefficient (Wildman–Crippen LogP) is 4.60. The van der Waals surface area contributed by atoms with Crippen LogP contribution in [-0.2, 0) is 22.8 Å². The summed E-state index contributed by atoms with van der Waals surface area (Å²) >= 11 is 5.56. The van der Waals surface area contributed by atoms with Gasteiger partial charge in [0.05, 0.1) is 0 Å². The summed E-state index contributed by atoms with van der Waals surface area (Å²) < 4.78 is 24.9. The van der Waals surface area contributed by atoms with Crippen molar-refractivity contribution in [1.82, 2.24) is 9.55 Å². The summed E-state index contributed by atoms with van der Waals surface area (Å²) in [5.41, 5.74) is 0. The number of halogens is 2. The molecule has 23 heavy (non-hydrogen) atoms. The molecular formula is C14H25Br2N3O2SSi. The first kappa shape index (κ1) is 21.4. The normalized spacial score (nSPS) is 14.7. The van der Waals surface area contributed by atoms with Gasteiger partial charge in [-0.05, 0) is 58.7 Å². The number of hydrogen-bond donors (Lipinski definition) is 0. The van der Waals surface area contributed by atoms with Gasteiger partial charge in [0.2, 0.25) is 0 Å². The minimum Gasteiger partial charge on any atom is -0.591 e. The Morgan fingerprint density at radius 1 is 1.35 bits per heavy atom. The highest BCUT2D eigenvalue weighted by Crippen LogP contribution is 2.24. The fourth-order valence-corrected chi connectivity index (χ4v) is 3.46. The maximum atomic E-state index is 12.0. The summed E-state index contributed by atoms with van der Waals surface area (Å²) in [6.45, 7) is 13.7. The van der Waals surface area contributed by atoms with Gasteiger partial charge in [-0.2, -0.15) is 0 Å². The highest BCUT2D eigenvalue weighted by atomic mass is 79.9. The van der Waals surface area contributed by atoms with Crippen LogP contribution in [0, 0.1) is 0 Å². The molecule has 0 amide bonds. The Morgan fingerprint density at radius 3 is 2.48 bits per heavy atom. The molecule has 0 aliphatic carbocycles. The second-order valence-electron chi connectivity index (χ2n) is 7.42. The topological polar surface area (TPSA) is 62.5 Å². The zero-order valence-electron chi connectivity index (χ0n) is 14.5. The van der Waals surface area contributed by atoms with E-state index in [2.05, 4.69) is 60.9 Å². The van der Waals surface area contributed by atoms with Crippen molar-refractivity contribution in [2.24, 2.45) is 4.40 Å². The molecule has 0 saturated heterocycles. The van der Waals surface area contributed by atoms with E-state index >= 15 is 0 Å². The van der Waals surface area contributed by atoms with Crippen molar-refractivity contribution in [3.8, 4) is 0 Å². The van der Waals surface area contributed by atoms with Crippen LogP contribution in [0.4, 0.5) is 0 Å². The summed E-state index contributed by atoms with van der Waals surface area (Å²) in [7, 11) is -1.11. The molecule has 0 fully saturated rings. The standard InChI is InChI=1S/C14H25Br2N3O2SSi/c1-14(2,3)22(20)17-9-11-18-12(15)13(16)19(11)10-21-7-8-23(4,5)6/h9H,7-8,10H2,1-6H3/b17-9-/t22-/m0/s1. The Morgan fingerprint density at radius 2 is 1.96 bits per heavy atom. The smallest absolute Gasteiger partial charge is 0.159 e. The molecule has 1 aromatic heterocycles. The molecule has 0 bridgehead atoms. The molecule has 132 valence electrons. The second-order valence-corrected chi connectivity index (χ2v) is 16.5. The molecule has 1 aromatic rings. The van der Waals surface area contributed by atoms with E-state index in [1.54, 1.807) is 6.21 Å². The molecule has 1 atom stereocenters. The van der Waals surface area contributed by atoms with Gasteiger partial charge >= 0.3 is 0 Å². The van der Waals surface area contributed by atoms with Crippen LogP contribution in [0.2, 0.25) is 25.7 Å². The first-order valence-electron chi connectivity index (χ1n) is 7.37. The van der Waals surface area contributed by atoms with E-state index in [9.17, 15) is 4.55 Å². The van der Waals surface area contributed by atoms with Crippen LogP contribution in [-0.4, -0.2) is 39.7 Å². The Balaban J connectivity index is 2.78. The van der Waals surface area contributed by atoms with Gasteiger partial charge in [-0.15, -0.1) is 0 Å². The van der Waals surface area contributed by atoms with Crippen molar-refractivity contribution < 1.29 is 9.29 Å². The molecule has 0 radical (unpaired) electrons. The van der Waals surface area contributed by atoms with Gasteiger partial charge < -0.3 is 9.29 Å². The van der Waals surface area contributed by atoms with Crippen LogP contribution >= 0.6 is 31.9 Å². The fourth-order valence-electron chi connectivity index (χ4n) is 1.43. The monoisotopic (exact) mass is 485 g/mol. The molecule has 0 unspecified atom stereocenters. The zero-order valence-corrected chi connectivity index (χ0v) is 19.5. The van der Waals surface area contributed by atoms with Crippen LogP contribution in [0.3, 0.4) is 0 Å². The van der Waals surface area contributed by atoms with Gasteiger partial charge in [0.25, 0.3) is 0 Å². The lowest BCUT2D eigenvalue weighted by Gasteiger charge is -2.18. The maximum Gasteiger partial charge on any atom is 0.159 e. The third-order valence-corrected chi connectivity index (χ3v) is 7.84. The van der Waals surface area contributed by atoms with Crippen molar-refractivity contribution in [3.63, 3.8) is 0 Å². The van der Waals surface area contributed by atoms with Crippen molar-refractivity contribution in [2.75, 3.05) is 6.61 Å². The van der Waals surface area contributed by atoms with E-state index < -0.39 is 24.2 Å². The summed E-state index contributed by atoms with van der Waals surface area (Å²) in [6.07, 6.45) is 1.54. The second kappa shape index (κ2) is 8.62. The molecule has 1 rings (SSSR count). The number of imidazole rings is 1. The van der Waals surface area contributed by atoms with Crippen LogP contribution in [0.25, 0.3) is 0 Å². The molecule has 0 saturated carbocycles. The van der Waals surface area contributed by atoms with Crippen LogP contribution in [0.5, 0.6) is 0 Å². The number of hydrogen-bond acceptors (Lipinski definition) is 4. The van der Waals surface area contributed by atoms with E-state index in [-0.39, 0.29) is 0 Å². The van der Waals surface area contributed by atoms with E-state index in [1.165, 1.54) is 0 Å². The summed E-state index contributed by atoms with van der Waals surface area (Å²) in [4.78, 5) is 4.37. The molecular weight excluding hydrogens is 462 g/mol. The van der Waals surface area contributed by atoms with Gasteiger partial charge in [-0.25, -0.2) is 4.98 Å². The number of aromatic nitrogens is 2. The molecule has 9 heteroatoms. The zero-order chi connectivity index (χ0) is 17.8. The Kier molecular flexibility index (Phi) is 8.01. The molecule has 1 heterocycles. The quantitative estimate of drug-likeness (QED) is 0.245. The Hall–Kier alpha value is 0.327. The van der Waals surface area contributed by atoms with Gasteiger partial charge in [0, 0.05) is 14.7 Å². The van der Waals surface area contributed by atoms with E-state index in [0.29, 0.717) is 17.2 Å². The van der Waals surface area contributed by atoms with Crippen LogP contribution in [0.1, 0.15) is 26.6 Å². The van der Waals surface area contributed by atoms with Crippen molar-refractivity contribution in [2.45, 2.75) is 57.9 Å². The molecule has 0 spiro atoms. The van der Waals surface area contributed by atoms with Gasteiger partial charge in [-0.1, -0.05) is 24.0 Å². The largest absolute Gasteiger partial charge is 0.591 e. The van der Waals surface area contributed by atoms with Crippen molar-refractivity contribution >= 4 is 57.5 Å². The minimum atomic E-state index is -1.31.